The highest BCUT2D eigenvalue weighted by molar-refractivity contribution is 7.59. The summed E-state index contributed by atoms with van der Waals surface area (Å²) in [5, 5.41) is 2.87. The lowest BCUT2D eigenvalue weighted by atomic mass is 10.0. The van der Waals surface area contributed by atoms with Crippen LogP contribution in [0.25, 0.3) is 15.6 Å². The number of piperazine rings is 1. The number of fused-ring (bicyclic) bond motifs is 2. The topological polar surface area (TPSA) is 78.6 Å². The summed E-state index contributed by atoms with van der Waals surface area (Å²) >= 11 is 6.71. The average molecular weight is 698 g/mol. The van der Waals surface area contributed by atoms with E-state index >= 15 is 0 Å². The number of methoxy groups -OCH3 is 1. The number of nitrogens with zero attached hydrogens (tertiary/aromatic N) is 7. The SMILES string of the molecule is S.S.[C-]#[N+]C[C@H]1CN(c2nc(OC[C@@H]3CCCN3C)nc3c2CCN(c2cccc4cccc(Cl)c24)C3)CCN1C(=O)C(=C)COC. The average Bonchev–Trinajstić information content (AvgIpc) is 3.47. The third-order valence-corrected chi connectivity index (χ3v) is 9.55. The lowest BCUT2D eigenvalue weighted by Gasteiger charge is -2.41. The standard InChI is InChI=1S/C34H40ClN7O3.2H2S/c1-23(21-44-4)33(43)42-17-16-41(19-26(42)18-36-2)32-27-13-15-40(30-12-6-9-24-8-5-11-28(35)31(24)30)20-29(27)37-34(38-32)45-22-25-10-7-14-39(25)3;;/h5-6,8-9,11-12,25-26H,1,7,10,13-22H2,3-4H3;2*1H2/t25-,26-;;/m0../s1. The fourth-order valence-corrected chi connectivity index (χ4v) is 7.11. The quantitative estimate of drug-likeness (QED) is 0.236. The Hall–Kier alpha value is -3.21. The summed E-state index contributed by atoms with van der Waals surface area (Å²) in [6.07, 6.45) is 2.99. The number of halogens is 1. The van der Waals surface area contributed by atoms with Crippen LogP contribution in [-0.4, -0.2) is 104 Å². The van der Waals surface area contributed by atoms with Crippen LogP contribution in [0.5, 0.6) is 6.01 Å². The van der Waals surface area contributed by atoms with Gasteiger partial charge in [-0.25, -0.2) is 6.57 Å². The van der Waals surface area contributed by atoms with E-state index in [1.807, 2.05) is 12.1 Å². The maximum absolute atomic E-state index is 13.2. The van der Waals surface area contributed by atoms with Gasteiger partial charge in [0.15, 0.2) is 0 Å². The van der Waals surface area contributed by atoms with Crippen molar-refractivity contribution in [2.45, 2.75) is 37.9 Å². The number of carbonyl (C=O) groups excluding carboxylic acids is 1. The van der Waals surface area contributed by atoms with Gasteiger partial charge in [-0.2, -0.15) is 37.0 Å². The molecule has 0 spiro atoms. The molecule has 0 radical (unpaired) electrons. The first kappa shape index (κ1) is 36.6. The van der Waals surface area contributed by atoms with Gasteiger partial charge in [0.05, 0.1) is 23.9 Å². The number of hydrogen-bond donors (Lipinski definition) is 0. The molecule has 47 heavy (non-hydrogen) atoms. The van der Waals surface area contributed by atoms with Crippen LogP contribution < -0.4 is 14.5 Å². The summed E-state index contributed by atoms with van der Waals surface area (Å²) in [5.74, 6) is 0.673. The van der Waals surface area contributed by atoms with E-state index in [0.29, 0.717) is 50.4 Å². The number of carbonyl (C=O) groups is 1. The van der Waals surface area contributed by atoms with Crippen molar-refractivity contribution in [3.05, 3.63) is 76.2 Å². The number of anilines is 2. The van der Waals surface area contributed by atoms with Crippen molar-refractivity contribution < 1.29 is 14.3 Å². The molecular formula is C34H44ClN7O3S2. The molecule has 4 heterocycles. The van der Waals surface area contributed by atoms with E-state index in [9.17, 15) is 4.79 Å². The zero-order valence-corrected chi connectivity index (χ0v) is 29.8. The summed E-state index contributed by atoms with van der Waals surface area (Å²) in [7, 11) is 3.68. The van der Waals surface area contributed by atoms with Crippen molar-refractivity contribution in [1.82, 2.24) is 19.8 Å². The van der Waals surface area contributed by atoms with E-state index in [1.165, 1.54) is 0 Å². The summed E-state index contributed by atoms with van der Waals surface area (Å²) < 4.78 is 11.5. The van der Waals surface area contributed by atoms with E-state index in [2.05, 4.69) is 57.4 Å². The number of hydrogen-bond acceptors (Lipinski definition) is 8. The normalized spacial score (nSPS) is 19.4. The van der Waals surface area contributed by atoms with Gasteiger partial charge >= 0.3 is 6.01 Å². The number of likely N-dealkylation sites (tertiary alicyclic amines) is 1. The zero-order valence-electron chi connectivity index (χ0n) is 27.0. The molecule has 1 amide bonds. The maximum atomic E-state index is 13.2. The Labute approximate surface area is 296 Å². The highest BCUT2D eigenvalue weighted by atomic mass is 35.5. The minimum absolute atomic E-state index is 0. The molecule has 3 aliphatic rings. The Morgan fingerprint density at radius 3 is 2.60 bits per heavy atom. The predicted octanol–water partition coefficient (Wildman–Crippen LogP) is 4.68. The molecule has 6 rings (SSSR count). The van der Waals surface area contributed by atoms with Gasteiger partial charge in [-0.3, -0.25) is 4.79 Å². The molecule has 0 aliphatic carbocycles. The Morgan fingerprint density at radius 2 is 1.87 bits per heavy atom. The minimum Gasteiger partial charge on any atom is -0.462 e. The second-order valence-corrected chi connectivity index (χ2v) is 12.5. The summed E-state index contributed by atoms with van der Waals surface area (Å²) in [5.41, 5.74) is 3.49. The first-order valence-electron chi connectivity index (χ1n) is 15.6. The fraction of sp³-hybridized carbons (Fsp3) is 0.471. The van der Waals surface area contributed by atoms with Crippen molar-refractivity contribution in [3.63, 3.8) is 0 Å². The first-order chi connectivity index (χ1) is 21.9. The zero-order chi connectivity index (χ0) is 31.5. The molecule has 0 unspecified atom stereocenters. The van der Waals surface area contributed by atoms with Crippen molar-refractivity contribution in [2.24, 2.45) is 0 Å². The Kier molecular flexibility index (Phi) is 12.7. The molecule has 0 bridgehead atoms. The molecule has 2 aromatic carbocycles. The van der Waals surface area contributed by atoms with Gasteiger partial charge in [-0.1, -0.05) is 42.4 Å². The van der Waals surface area contributed by atoms with E-state index in [1.54, 1.807) is 12.0 Å². The lowest BCUT2D eigenvalue weighted by molar-refractivity contribution is -0.130. The summed E-state index contributed by atoms with van der Waals surface area (Å²) in [6, 6.07) is 12.7. The van der Waals surface area contributed by atoms with Gasteiger partial charge in [-0.05, 0) is 50.4 Å². The Bertz CT molecular complexity index is 1630. The molecule has 10 nitrogen and oxygen atoms in total. The maximum Gasteiger partial charge on any atom is 0.318 e. The predicted molar refractivity (Wildman–Crippen MR) is 198 cm³/mol. The molecule has 252 valence electrons. The number of benzene rings is 2. The van der Waals surface area contributed by atoms with E-state index in [-0.39, 0.29) is 52.1 Å². The van der Waals surface area contributed by atoms with E-state index in [0.717, 1.165) is 70.9 Å². The molecule has 13 heteroatoms. The van der Waals surface area contributed by atoms with E-state index < -0.39 is 0 Å². The van der Waals surface area contributed by atoms with Crippen molar-refractivity contribution in [2.75, 3.05) is 76.4 Å². The molecule has 3 aromatic rings. The molecule has 1 aromatic heterocycles. The van der Waals surface area contributed by atoms with Crippen LogP contribution in [0.3, 0.4) is 0 Å². The molecule has 0 saturated carbocycles. The lowest BCUT2D eigenvalue weighted by Crippen LogP contribution is -2.57. The first-order valence-corrected chi connectivity index (χ1v) is 16.0. The van der Waals surface area contributed by atoms with Crippen molar-refractivity contribution >= 4 is 66.8 Å². The summed E-state index contributed by atoms with van der Waals surface area (Å²) in [4.78, 5) is 35.5. The third-order valence-electron chi connectivity index (χ3n) is 9.24. The highest BCUT2D eigenvalue weighted by Crippen LogP contribution is 2.37. The number of rotatable bonds is 9. The van der Waals surface area contributed by atoms with Crippen LogP contribution in [0.2, 0.25) is 5.02 Å². The van der Waals surface area contributed by atoms with E-state index in [4.69, 9.17) is 37.6 Å². The smallest absolute Gasteiger partial charge is 0.318 e. The Morgan fingerprint density at radius 1 is 1.09 bits per heavy atom. The van der Waals surface area contributed by atoms with Crippen LogP contribution >= 0.6 is 38.6 Å². The summed E-state index contributed by atoms with van der Waals surface area (Å²) in [6.45, 7) is 16.4. The monoisotopic (exact) mass is 697 g/mol. The molecule has 3 aliphatic heterocycles. The molecular weight excluding hydrogens is 654 g/mol. The number of amides is 1. The molecule has 0 N–H and O–H groups in total. The van der Waals surface area contributed by atoms with Crippen molar-refractivity contribution in [3.8, 4) is 6.01 Å². The van der Waals surface area contributed by atoms with Gasteiger partial charge < -0.3 is 33.9 Å². The minimum atomic E-state index is -0.294. The largest absolute Gasteiger partial charge is 0.462 e. The second kappa shape index (κ2) is 16.3. The van der Waals surface area contributed by atoms with Crippen LogP contribution in [0.1, 0.15) is 24.1 Å². The molecule has 2 fully saturated rings. The van der Waals surface area contributed by atoms with Crippen LogP contribution in [-0.2, 0) is 22.5 Å². The molecule has 2 saturated heterocycles. The Balaban J connectivity index is 0.00000250. The third kappa shape index (κ3) is 7.76. The second-order valence-electron chi connectivity index (χ2n) is 12.1. The van der Waals surface area contributed by atoms with Gasteiger partial charge in [0.1, 0.15) is 18.5 Å². The van der Waals surface area contributed by atoms with Gasteiger partial charge in [0, 0.05) is 61.5 Å². The number of aromatic nitrogens is 2. The van der Waals surface area contributed by atoms with Crippen molar-refractivity contribution in [1.29, 1.82) is 0 Å². The van der Waals surface area contributed by atoms with Gasteiger partial charge in [0.25, 0.3) is 5.91 Å². The van der Waals surface area contributed by atoms with Gasteiger partial charge in [0.2, 0.25) is 6.54 Å². The van der Waals surface area contributed by atoms with Crippen LogP contribution in [0.4, 0.5) is 11.5 Å². The molecule has 2 atom stereocenters. The number of likely N-dealkylation sites (N-methyl/N-ethyl adjacent to an activating group) is 1. The van der Waals surface area contributed by atoms with Crippen LogP contribution in [0, 0.1) is 6.57 Å². The van der Waals surface area contributed by atoms with Crippen LogP contribution in [0.15, 0.2) is 48.6 Å². The van der Waals surface area contributed by atoms with Gasteiger partial charge in [-0.15, -0.1) is 0 Å². The highest BCUT2D eigenvalue weighted by Gasteiger charge is 2.36. The fourth-order valence-electron chi connectivity index (χ4n) is 6.84. The number of ether oxygens (including phenoxy) is 2.